The number of hydrogen-bond donors (Lipinski definition) is 4. The molecule has 0 unspecified atom stereocenters. The molecule has 0 spiro atoms. The largest absolute Gasteiger partial charge is 0.506 e. The minimum Gasteiger partial charge on any atom is -0.506 e. The minimum atomic E-state index is -0.745. The zero-order chi connectivity index (χ0) is 27.9. The summed E-state index contributed by atoms with van der Waals surface area (Å²) in [7, 11) is 0. The normalized spacial score (nSPS) is 18.8. The number of nitrogens with one attached hydrogen (secondary N) is 2. The van der Waals surface area contributed by atoms with Crippen LogP contribution in [0.25, 0.3) is 6.08 Å². The summed E-state index contributed by atoms with van der Waals surface area (Å²) in [5.41, 5.74) is 2.03. The number of carbonyl (C=O) groups is 2. The van der Waals surface area contributed by atoms with Crippen molar-refractivity contribution in [2.24, 2.45) is 4.99 Å². The number of likely N-dealkylation sites (tertiary alicyclic amines) is 1. The predicted octanol–water partition coefficient (Wildman–Crippen LogP) is 3.14. The molecular weight excluding hydrogens is 532 g/mol. The number of anilines is 1. The molecule has 0 bridgehead atoms. The van der Waals surface area contributed by atoms with Crippen LogP contribution in [0.15, 0.2) is 46.3 Å². The second kappa shape index (κ2) is 13.2. The number of benzene rings is 2. The van der Waals surface area contributed by atoms with E-state index >= 15 is 0 Å². The molecule has 0 radical (unpaired) electrons. The van der Waals surface area contributed by atoms with Gasteiger partial charge in [0.25, 0.3) is 5.91 Å². The maximum Gasteiger partial charge on any atom is 0.286 e. The quantitative estimate of drug-likeness (QED) is 0.195. The van der Waals surface area contributed by atoms with Crippen LogP contribution in [0.2, 0.25) is 0 Å². The van der Waals surface area contributed by atoms with E-state index in [1.165, 1.54) is 24.2 Å². The number of aromatic hydroxyl groups is 1. The van der Waals surface area contributed by atoms with Crippen LogP contribution in [0.3, 0.4) is 0 Å². The Morgan fingerprint density at radius 2 is 1.88 bits per heavy atom. The van der Waals surface area contributed by atoms with Crippen LogP contribution in [-0.4, -0.2) is 77.6 Å². The van der Waals surface area contributed by atoms with E-state index in [0.29, 0.717) is 54.6 Å². The Morgan fingerprint density at radius 3 is 2.67 bits per heavy atom. The Kier molecular flexibility index (Phi) is 9.25. The van der Waals surface area contributed by atoms with Crippen molar-refractivity contribution in [2.45, 2.75) is 38.2 Å². The number of hydrogen-bond acceptors (Lipinski definition) is 9. The number of aliphatic hydroxyl groups excluding tert-OH is 1. The molecule has 2 amide bonds. The van der Waals surface area contributed by atoms with Crippen LogP contribution < -0.4 is 20.1 Å². The van der Waals surface area contributed by atoms with Gasteiger partial charge < -0.3 is 35.2 Å². The second-order valence-corrected chi connectivity index (χ2v) is 10.9. The summed E-state index contributed by atoms with van der Waals surface area (Å²) in [6, 6.07) is 10.7. The van der Waals surface area contributed by atoms with Crippen molar-refractivity contribution < 1.29 is 29.3 Å². The smallest absolute Gasteiger partial charge is 0.286 e. The number of phenolic OH excluding ortho intramolecular Hbond substituents is 1. The van der Waals surface area contributed by atoms with Gasteiger partial charge in [0.05, 0.1) is 10.6 Å². The summed E-state index contributed by atoms with van der Waals surface area (Å²) in [6.45, 7) is 3.26. The second-order valence-electron chi connectivity index (χ2n) is 9.93. The van der Waals surface area contributed by atoms with Gasteiger partial charge in [-0.25, -0.2) is 0 Å². The highest BCUT2D eigenvalue weighted by molar-refractivity contribution is 8.18. The molecule has 0 saturated carbocycles. The fraction of sp³-hybridized carbons (Fsp3) is 0.414. The van der Waals surface area contributed by atoms with Gasteiger partial charge in [0.15, 0.2) is 5.17 Å². The van der Waals surface area contributed by atoms with E-state index in [2.05, 4.69) is 20.5 Å². The van der Waals surface area contributed by atoms with Gasteiger partial charge in [0.2, 0.25) is 5.91 Å². The summed E-state index contributed by atoms with van der Waals surface area (Å²) >= 11 is 1.45. The first-order valence-electron chi connectivity index (χ1n) is 13.6. The lowest BCUT2D eigenvalue weighted by atomic mass is 10.0. The van der Waals surface area contributed by atoms with Gasteiger partial charge in [-0.1, -0.05) is 12.1 Å². The molecule has 1 saturated heterocycles. The van der Waals surface area contributed by atoms with Gasteiger partial charge in [0, 0.05) is 38.2 Å². The number of aliphatic hydroxyl groups is 1. The number of nitrogens with zero attached hydrogens (tertiary/aromatic N) is 2. The number of amidine groups is 1. The summed E-state index contributed by atoms with van der Waals surface area (Å²) < 4.78 is 11.6. The first kappa shape index (κ1) is 28.0. The van der Waals surface area contributed by atoms with Crippen molar-refractivity contribution in [2.75, 3.05) is 44.7 Å². The van der Waals surface area contributed by atoms with E-state index in [1.807, 2.05) is 30.3 Å². The Labute approximate surface area is 237 Å². The van der Waals surface area contributed by atoms with Crippen molar-refractivity contribution in [3.8, 4) is 17.2 Å². The van der Waals surface area contributed by atoms with Gasteiger partial charge in [0.1, 0.15) is 36.6 Å². The molecule has 1 fully saturated rings. The van der Waals surface area contributed by atoms with Crippen molar-refractivity contribution >= 4 is 40.5 Å². The topological polar surface area (TPSA) is 133 Å². The molecule has 40 heavy (non-hydrogen) atoms. The molecule has 212 valence electrons. The third kappa shape index (κ3) is 7.15. The number of fused-ring (bicyclic) bond motifs is 1. The molecule has 10 nitrogen and oxygen atoms in total. The fourth-order valence-electron chi connectivity index (χ4n) is 4.76. The zero-order valence-electron chi connectivity index (χ0n) is 22.2. The number of aliphatic imine (C=N–C) groups is 1. The van der Waals surface area contributed by atoms with Crippen molar-refractivity contribution in [3.63, 3.8) is 0 Å². The van der Waals surface area contributed by atoms with Crippen molar-refractivity contribution in [1.82, 2.24) is 10.2 Å². The lowest BCUT2D eigenvalue weighted by Crippen LogP contribution is -2.33. The average molecular weight is 567 g/mol. The summed E-state index contributed by atoms with van der Waals surface area (Å²) in [4.78, 5) is 31.1. The monoisotopic (exact) mass is 566 g/mol. The molecule has 1 atom stereocenters. The maximum atomic E-state index is 12.4. The molecule has 3 heterocycles. The summed E-state index contributed by atoms with van der Waals surface area (Å²) in [6.07, 6.45) is 5.44. The van der Waals surface area contributed by atoms with Gasteiger partial charge in [-0.15, -0.1) is 0 Å². The number of thioether (sulfide) groups is 1. The molecule has 3 aliphatic rings. The van der Waals surface area contributed by atoms with Crippen LogP contribution in [-0.2, 0) is 16.0 Å². The first-order chi connectivity index (χ1) is 19.5. The third-order valence-corrected chi connectivity index (χ3v) is 7.93. The van der Waals surface area contributed by atoms with Gasteiger partial charge in [-0.2, -0.15) is 4.99 Å². The highest BCUT2D eigenvalue weighted by atomic mass is 32.2. The molecule has 2 aromatic carbocycles. The molecule has 4 N–H and O–H groups in total. The fourth-order valence-corrected chi connectivity index (χ4v) is 5.73. The lowest BCUT2D eigenvalue weighted by molar-refractivity contribution is -0.116. The number of rotatable bonds is 10. The Morgan fingerprint density at radius 1 is 1.07 bits per heavy atom. The Hall–Kier alpha value is -3.54. The van der Waals surface area contributed by atoms with Crippen LogP contribution in [0.4, 0.5) is 5.69 Å². The Bertz CT molecular complexity index is 1290. The van der Waals surface area contributed by atoms with Crippen molar-refractivity contribution in [1.29, 1.82) is 0 Å². The summed E-state index contributed by atoms with van der Waals surface area (Å²) in [5, 5.41) is 26.9. The number of carbonyl (C=O) groups excluding carboxylic acids is 2. The van der Waals surface area contributed by atoms with Gasteiger partial charge in [-0.05, 0) is 73.4 Å². The molecule has 2 aromatic rings. The molecule has 0 aliphatic carbocycles. The molecule has 11 heteroatoms. The van der Waals surface area contributed by atoms with Gasteiger partial charge in [-0.3, -0.25) is 9.59 Å². The third-order valence-electron chi connectivity index (χ3n) is 6.89. The van der Waals surface area contributed by atoms with E-state index in [9.17, 15) is 19.8 Å². The van der Waals surface area contributed by atoms with Crippen LogP contribution in [0.5, 0.6) is 17.2 Å². The molecular formula is C29H34N4O6S. The standard InChI is InChI=1S/C29H34N4O6S/c34-20(18-39-24-10-9-23(35)27-22(24)8-11-26(36)31-27)17-30-12-15-38-21-6-4-19(5-7-21)16-25-28(37)32-29(40-25)33-13-2-1-3-14-33/h4-7,9-10,16,20,30,34-35H,1-3,8,11-15,17-18H2,(H,31,36)/b25-16+/t20-/m0/s1. The number of ether oxygens (including phenoxy) is 2. The highest BCUT2D eigenvalue weighted by Gasteiger charge is 2.27. The van der Waals surface area contributed by atoms with E-state index in [4.69, 9.17) is 9.47 Å². The average Bonchev–Trinajstić information content (AvgIpc) is 3.34. The summed E-state index contributed by atoms with van der Waals surface area (Å²) in [5.74, 6) is 0.938. The van der Waals surface area contributed by atoms with E-state index in [0.717, 1.165) is 42.2 Å². The highest BCUT2D eigenvalue weighted by Crippen LogP contribution is 2.38. The van der Waals surface area contributed by atoms with Gasteiger partial charge >= 0.3 is 0 Å². The minimum absolute atomic E-state index is 0.00335. The first-order valence-corrected chi connectivity index (χ1v) is 14.4. The van der Waals surface area contributed by atoms with Crippen molar-refractivity contribution in [3.05, 3.63) is 52.4 Å². The van der Waals surface area contributed by atoms with E-state index < -0.39 is 6.10 Å². The lowest BCUT2D eigenvalue weighted by Gasteiger charge is -2.27. The SMILES string of the molecule is O=C1CCc2c(OC[C@@H](O)CNCCOc3ccc(/C=C4/SC(N5CCCCC5)=NC4=O)cc3)ccc(O)c2N1. The van der Waals surface area contributed by atoms with E-state index in [1.54, 1.807) is 6.07 Å². The van der Waals surface area contributed by atoms with Crippen LogP contribution in [0.1, 0.15) is 36.8 Å². The molecule has 3 aliphatic heterocycles. The Balaban J connectivity index is 1.00. The van der Waals surface area contributed by atoms with Crippen LogP contribution >= 0.6 is 11.8 Å². The maximum absolute atomic E-state index is 12.4. The number of amides is 2. The number of phenols is 1. The predicted molar refractivity (Wildman–Crippen MR) is 155 cm³/mol. The van der Waals surface area contributed by atoms with E-state index in [-0.39, 0.29) is 24.2 Å². The molecule has 0 aromatic heterocycles. The zero-order valence-corrected chi connectivity index (χ0v) is 23.0. The molecule has 5 rings (SSSR count). The number of piperidine rings is 1. The van der Waals surface area contributed by atoms with Crippen LogP contribution in [0, 0.1) is 0 Å².